The van der Waals surface area contributed by atoms with Crippen molar-refractivity contribution >= 4 is 22.4 Å². The summed E-state index contributed by atoms with van der Waals surface area (Å²) >= 11 is 1.23. The van der Waals surface area contributed by atoms with Gasteiger partial charge in [-0.05, 0) is 19.8 Å². The summed E-state index contributed by atoms with van der Waals surface area (Å²) < 4.78 is 2.02. The van der Waals surface area contributed by atoms with Gasteiger partial charge in [0.2, 0.25) is 0 Å². The van der Waals surface area contributed by atoms with Crippen LogP contribution in [0.25, 0.3) is 0 Å². The van der Waals surface area contributed by atoms with Crippen molar-refractivity contribution in [3.05, 3.63) is 29.3 Å². The van der Waals surface area contributed by atoms with E-state index in [2.05, 4.69) is 15.3 Å². The highest BCUT2D eigenvalue weighted by Gasteiger charge is 2.13. The van der Waals surface area contributed by atoms with E-state index in [4.69, 9.17) is 5.73 Å². The van der Waals surface area contributed by atoms with Gasteiger partial charge in [0.25, 0.3) is 5.91 Å². The Balaban J connectivity index is 1.68. The van der Waals surface area contributed by atoms with Crippen LogP contribution in [0.15, 0.2) is 18.7 Å². The van der Waals surface area contributed by atoms with Crippen molar-refractivity contribution in [1.29, 1.82) is 0 Å². The van der Waals surface area contributed by atoms with Crippen LogP contribution in [0.4, 0.5) is 5.13 Å². The lowest BCUT2D eigenvalue weighted by Gasteiger charge is -2.04. The van der Waals surface area contributed by atoms with Gasteiger partial charge in [-0.15, -0.1) is 0 Å². The zero-order valence-corrected chi connectivity index (χ0v) is 11.6. The van der Waals surface area contributed by atoms with E-state index in [1.54, 1.807) is 19.4 Å². The average molecular weight is 279 g/mol. The molecule has 19 heavy (non-hydrogen) atoms. The molecule has 0 aliphatic carbocycles. The molecular weight excluding hydrogens is 262 g/mol. The first-order chi connectivity index (χ1) is 9.16. The molecule has 3 N–H and O–H groups in total. The molecule has 0 aliphatic rings. The Labute approximate surface area is 115 Å². The molecule has 2 rings (SSSR count). The SMILES string of the molecule is Cc1nc(N)sc1C(=O)NCCCCn1ccnc1. The predicted octanol–water partition coefficient (Wildman–Crippen LogP) is 1.44. The Morgan fingerprint density at radius 3 is 3.00 bits per heavy atom. The van der Waals surface area contributed by atoms with Gasteiger partial charge in [0, 0.05) is 25.5 Å². The maximum atomic E-state index is 11.9. The first-order valence-corrected chi connectivity index (χ1v) is 6.95. The number of aryl methyl sites for hydroxylation is 2. The number of rotatable bonds is 6. The molecule has 0 unspecified atom stereocenters. The van der Waals surface area contributed by atoms with E-state index in [-0.39, 0.29) is 5.91 Å². The van der Waals surface area contributed by atoms with Gasteiger partial charge in [-0.3, -0.25) is 4.79 Å². The lowest BCUT2D eigenvalue weighted by molar-refractivity contribution is 0.0956. The van der Waals surface area contributed by atoms with Crippen molar-refractivity contribution in [3.8, 4) is 0 Å². The molecule has 0 aliphatic heterocycles. The highest BCUT2D eigenvalue weighted by atomic mass is 32.1. The Kier molecular flexibility index (Phi) is 4.51. The first kappa shape index (κ1) is 13.5. The summed E-state index contributed by atoms with van der Waals surface area (Å²) in [6.07, 6.45) is 7.42. The third-order valence-electron chi connectivity index (χ3n) is 2.71. The quantitative estimate of drug-likeness (QED) is 0.783. The average Bonchev–Trinajstić information content (AvgIpc) is 2.98. The van der Waals surface area contributed by atoms with Crippen molar-refractivity contribution in [3.63, 3.8) is 0 Å². The number of carbonyl (C=O) groups excluding carboxylic acids is 1. The van der Waals surface area contributed by atoms with Crippen LogP contribution in [0.2, 0.25) is 0 Å². The number of amides is 1. The largest absolute Gasteiger partial charge is 0.375 e. The summed E-state index contributed by atoms with van der Waals surface area (Å²) in [7, 11) is 0. The standard InChI is InChI=1S/C12H17N5OS/c1-9-10(19-12(13)16-9)11(18)15-4-2-3-6-17-7-5-14-8-17/h5,7-8H,2-4,6H2,1H3,(H2,13,16)(H,15,18). The number of aromatic nitrogens is 3. The zero-order valence-electron chi connectivity index (χ0n) is 10.8. The topological polar surface area (TPSA) is 85.8 Å². The van der Waals surface area contributed by atoms with E-state index in [0.717, 1.165) is 19.4 Å². The van der Waals surface area contributed by atoms with Gasteiger partial charge >= 0.3 is 0 Å². The number of nitrogens with one attached hydrogen (secondary N) is 1. The summed E-state index contributed by atoms with van der Waals surface area (Å²) in [4.78, 5) is 20.5. The Morgan fingerprint density at radius 2 is 2.37 bits per heavy atom. The molecule has 0 aromatic carbocycles. The number of nitrogens with zero attached hydrogens (tertiary/aromatic N) is 3. The van der Waals surface area contributed by atoms with Crippen LogP contribution >= 0.6 is 11.3 Å². The highest BCUT2D eigenvalue weighted by molar-refractivity contribution is 7.17. The van der Waals surface area contributed by atoms with Gasteiger partial charge in [-0.2, -0.15) is 0 Å². The molecule has 0 bridgehead atoms. The fourth-order valence-corrected chi connectivity index (χ4v) is 2.50. The van der Waals surface area contributed by atoms with Crippen LogP contribution in [0.5, 0.6) is 0 Å². The van der Waals surface area contributed by atoms with Gasteiger partial charge in [-0.25, -0.2) is 9.97 Å². The number of unbranched alkanes of at least 4 members (excludes halogenated alkanes) is 1. The molecule has 0 spiro atoms. The van der Waals surface area contributed by atoms with E-state index in [1.807, 2.05) is 10.8 Å². The van der Waals surface area contributed by atoms with Crippen molar-refractivity contribution in [2.45, 2.75) is 26.3 Å². The number of nitrogens with two attached hydrogens (primary N) is 1. The van der Waals surface area contributed by atoms with E-state index < -0.39 is 0 Å². The zero-order chi connectivity index (χ0) is 13.7. The summed E-state index contributed by atoms with van der Waals surface area (Å²) in [5.74, 6) is -0.0886. The number of nitrogen functional groups attached to an aromatic ring is 1. The number of hydrogen-bond donors (Lipinski definition) is 2. The molecule has 2 heterocycles. The Hall–Kier alpha value is -1.89. The summed E-state index contributed by atoms with van der Waals surface area (Å²) in [6.45, 7) is 3.37. The van der Waals surface area contributed by atoms with Gasteiger partial charge in [0.05, 0.1) is 12.0 Å². The molecular formula is C12H17N5OS. The number of thiazole rings is 1. The predicted molar refractivity (Wildman–Crippen MR) is 75.1 cm³/mol. The van der Waals surface area contributed by atoms with Crippen LogP contribution in [-0.2, 0) is 6.54 Å². The number of hydrogen-bond acceptors (Lipinski definition) is 5. The molecule has 0 fully saturated rings. The monoisotopic (exact) mass is 279 g/mol. The fraction of sp³-hybridized carbons (Fsp3) is 0.417. The lowest BCUT2D eigenvalue weighted by Crippen LogP contribution is -2.24. The molecule has 6 nitrogen and oxygen atoms in total. The molecule has 0 atom stereocenters. The maximum absolute atomic E-state index is 11.9. The smallest absolute Gasteiger partial charge is 0.263 e. The Bertz CT molecular complexity index is 534. The third kappa shape index (κ3) is 3.78. The third-order valence-corrected chi connectivity index (χ3v) is 3.69. The number of imidazole rings is 1. The van der Waals surface area contributed by atoms with Crippen LogP contribution in [0, 0.1) is 6.92 Å². The maximum Gasteiger partial charge on any atom is 0.263 e. The minimum atomic E-state index is -0.0886. The van der Waals surface area contributed by atoms with E-state index >= 15 is 0 Å². The van der Waals surface area contributed by atoms with Crippen molar-refractivity contribution in [1.82, 2.24) is 19.9 Å². The second kappa shape index (κ2) is 6.33. The molecule has 0 saturated heterocycles. The van der Waals surface area contributed by atoms with Crippen LogP contribution in [-0.4, -0.2) is 27.0 Å². The summed E-state index contributed by atoms with van der Waals surface area (Å²) in [5, 5.41) is 3.32. The summed E-state index contributed by atoms with van der Waals surface area (Å²) in [5.41, 5.74) is 6.26. The molecule has 2 aromatic rings. The van der Waals surface area contributed by atoms with Gasteiger partial charge in [0.15, 0.2) is 5.13 Å². The molecule has 0 radical (unpaired) electrons. The second-order valence-electron chi connectivity index (χ2n) is 4.23. The molecule has 7 heteroatoms. The highest BCUT2D eigenvalue weighted by Crippen LogP contribution is 2.19. The summed E-state index contributed by atoms with van der Waals surface area (Å²) in [6, 6.07) is 0. The molecule has 102 valence electrons. The first-order valence-electron chi connectivity index (χ1n) is 6.13. The van der Waals surface area contributed by atoms with E-state index in [9.17, 15) is 4.79 Å². The molecule has 0 saturated carbocycles. The van der Waals surface area contributed by atoms with Crippen molar-refractivity contribution in [2.75, 3.05) is 12.3 Å². The van der Waals surface area contributed by atoms with Gasteiger partial charge in [-0.1, -0.05) is 11.3 Å². The second-order valence-corrected chi connectivity index (χ2v) is 5.26. The van der Waals surface area contributed by atoms with E-state index in [1.165, 1.54) is 11.3 Å². The van der Waals surface area contributed by atoms with Crippen LogP contribution < -0.4 is 11.1 Å². The van der Waals surface area contributed by atoms with Crippen LogP contribution in [0.3, 0.4) is 0 Å². The van der Waals surface area contributed by atoms with Gasteiger partial charge < -0.3 is 15.6 Å². The van der Waals surface area contributed by atoms with Gasteiger partial charge in [0.1, 0.15) is 4.88 Å². The Morgan fingerprint density at radius 1 is 1.53 bits per heavy atom. The number of carbonyl (C=O) groups is 1. The minimum absolute atomic E-state index is 0.0886. The number of anilines is 1. The molecule has 1 amide bonds. The van der Waals surface area contributed by atoms with E-state index in [0.29, 0.717) is 22.2 Å². The van der Waals surface area contributed by atoms with Crippen molar-refractivity contribution in [2.24, 2.45) is 0 Å². The normalized spacial score (nSPS) is 10.6. The lowest BCUT2D eigenvalue weighted by atomic mass is 10.3. The van der Waals surface area contributed by atoms with Crippen molar-refractivity contribution < 1.29 is 4.79 Å². The fourth-order valence-electron chi connectivity index (χ4n) is 1.75. The van der Waals surface area contributed by atoms with Crippen LogP contribution in [0.1, 0.15) is 28.2 Å². The molecule has 2 aromatic heterocycles. The minimum Gasteiger partial charge on any atom is -0.375 e.